The molecule has 1 atom stereocenters. The molecule has 1 fully saturated rings. The van der Waals surface area contributed by atoms with Crippen LogP contribution >= 0.6 is 15.9 Å². The van der Waals surface area contributed by atoms with Gasteiger partial charge in [0.05, 0.1) is 0 Å². The van der Waals surface area contributed by atoms with Crippen LogP contribution < -0.4 is 14.8 Å². The fraction of sp³-hybridized carbons (Fsp3) is 0.538. The highest BCUT2D eigenvalue weighted by atomic mass is 79.9. The number of benzene rings is 1. The second-order valence-electron chi connectivity index (χ2n) is 4.70. The van der Waals surface area contributed by atoms with E-state index in [2.05, 4.69) is 21.2 Å². The Balaban J connectivity index is 2.01. The summed E-state index contributed by atoms with van der Waals surface area (Å²) in [4.78, 5) is 0. The summed E-state index contributed by atoms with van der Waals surface area (Å²) in [5.41, 5.74) is 0.943. The van der Waals surface area contributed by atoms with E-state index in [0.29, 0.717) is 29.4 Å². The number of piperidine rings is 1. The molecule has 1 aromatic carbocycles. The normalized spacial score (nSPS) is 22.8. The van der Waals surface area contributed by atoms with E-state index in [4.69, 9.17) is 9.47 Å². The summed E-state index contributed by atoms with van der Waals surface area (Å²) in [6, 6.07) is 1.92. The van der Waals surface area contributed by atoms with Crippen molar-refractivity contribution in [1.82, 2.24) is 5.32 Å². The lowest BCUT2D eigenvalue weighted by atomic mass is 9.90. The van der Waals surface area contributed by atoms with Gasteiger partial charge in [0.1, 0.15) is 23.4 Å². The SMILES string of the molecule is Oc1c(C2CCCNC2)cc2c(c1Br)OCCO2. The van der Waals surface area contributed by atoms with Crippen molar-refractivity contribution in [3.63, 3.8) is 0 Å². The van der Waals surface area contributed by atoms with E-state index in [9.17, 15) is 5.11 Å². The van der Waals surface area contributed by atoms with E-state index < -0.39 is 0 Å². The lowest BCUT2D eigenvalue weighted by Crippen LogP contribution is -2.28. The molecule has 2 N–H and O–H groups in total. The second-order valence-corrected chi connectivity index (χ2v) is 5.49. The van der Waals surface area contributed by atoms with Crippen LogP contribution in [-0.4, -0.2) is 31.4 Å². The van der Waals surface area contributed by atoms with Crippen molar-refractivity contribution in [3.05, 3.63) is 16.1 Å². The summed E-state index contributed by atoms with van der Waals surface area (Å²) < 4.78 is 11.7. The van der Waals surface area contributed by atoms with E-state index in [-0.39, 0.29) is 5.75 Å². The molecule has 0 spiro atoms. The van der Waals surface area contributed by atoms with Crippen LogP contribution in [0.1, 0.15) is 24.3 Å². The molecule has 0 radical (unpaired) electrons. The van der Waals surface area contributed by atoms with Gasteiger partial charge in [-0.25, -0.2) is 0 Å². The molecule has 2 aliphatic heterocycles. The minimum absolute atomic E-state index is 0.285. The number of aromatic hydroxyl groups is 1. The summed E-state index contributed by atoms with van der Waals surface area (Å²) in [5.74, 6) is 1.97. The standard InChI is InChI=1S/C13H16BrNO3/c14-11-12(16)9(8-2-1-3-15-7-8)6-10-13(11)18-5-4-17-10/h6,8,15-16H,1-5,7H2. The number of fused-ring (bicyclic) bond motifs is 1. The Morgan fingerprint density at radius 3 is 2.94 bits per heavy atom. The minimum atomic E-state index is 0.285. The average Bonchev–Trinajstić information content (AvgIpc) is 2.44. The molecule has 1 aromatic rings. The first-order valence-electron chi connectivity index (χ1n) is 6.29. The van der Waals surface area contributed by atoms with Gasteiger partial charge >= 0.3 is 0 Å². The molecule has 3 rings (SSSR count). The smallest absolute Gasteiger partial charge is 0.179 e. The topological polar surface area (TPSA) is 50.7 Å². The van der Waals surface area contributed by atoms with Crippen LogP contribution in [-0.2, 0) is 0 Å². The lowest BCUT2D eigenvalue weighted by Gasteiger charge is -2.27. The highest BCUT2D eigenvalue weighted by Crippen LogP contribution is 2.47. The Labute approximate surface area is 114 Å². The fourth-order valence-corrected chi connectivity index (χ4v) is 3.12. The molecule has 0 amide bonds. The van der Waals surface area contributed by atoms with E-state index in [0.717, 1.165) is 37.2 Å². The molecule has 0 bridgehead atoms. The summed E-state index contributed by atoms with van der Waals surface area (Å²) in [5, 5.41) is 13.7. The molecule has 2 heterocycles. The van der Waals surface area contributed by atoms with E-state index in [1.165, 1.54) is 0 Å². The monoisotopic (exact) mass is 313 g/mol. The summed E-state index contributed by atoms with van der Waals surface area (Å²) in [7, 11) is 0. The van der Waals surface area contributed by atoms with Gasteiger partial charge in [0.25, 0.3) is 0 Å². The zero-order chi connectivity index (χ0) is 12.5. The lowest BCUT2D eigenvalue weighted by molar-refractivity contribution is 0.169. The van der Waals surface area contributed by atoms with Crippen LogP contribution in [0.25, 0.3) is 0 Å². The first-order chi connectivity index (χ1) is 8.77. The summed E-state index contributed by atoms with van der Waals surface area (Å²) >= 11 is 3.41. The number of ether oxygens (including phenoxy) is 2. The maximum Gasteiger partial charge on any atom is 0.179 e. The predicted molar refractivity (Wildman–Crippen MR) is 71.6 cm³/mol. The van der Waals surface area contributed by atoms with Gasteiger partial charge in [-0.2, -0.15) is 0 Å². The molecular weight excluding hydrogens is 298 g/mol. The van der Waals surface area contributed by atoms with Crippen molar-refractivity contribution in [2.24, 2.45) is 0 Å². The van der Waals surface area contributed by atoms with Crippen LogP contribution in [0.5, 0.6) is 17.2 Å². The van der Waals surface area contributed by atoms with Crippen LogP contribution in [0.3, 0.4) is 0 Å². The molecule has 2 aliphatic rings. The number of rotatable bonds is 1. The van der Waals surface area contributed by atoms with Gasteiger partial charge in [0, 0.05) is 18.0 Å². The van der Waals surface area contributed by atoms with Gasteiger partial charge in [0.15, 0.2) is 11.5 Å². The molecule has 0 aromatic heterocycles. The second kappa shape index (κ2) is 4.97. The molecule has 5 heteroatoms. The van der Waals surface area contributed by atoms with E-state index in [1.807, 2.05) is 6.07 Å². The number of halogens is 1. The highest BCUT2D eigenvalue weighted by molar-refractivity contribution is 9.10. The molecule has 4 nitrogen and oxygen atoms in total. The number of hydrogen-bond donors (Lipinski definition) is 2. The van der Waals surface area contributed by atoms with Crippen molar-refractivity contribution < 1.29 is 14.6 Å². The van der Waals surface area contributed by atoms with E-state index in [1.54, 1.807) is 0 Å². The molecule has 1 saturated heterocycles. The summed E-state index contributed by atoms with van der Waals surface area (Å²) in [6.07, 6.45) is 2.23. The molecule has 18 heavy (non-hydrogen) atoms. The molecule has 0 aliphatic carbocycles. The Morgan fingerprint density at radius 2 is 2.17 bits per heavy atom. The predicted octanol–water partition coefficient (Wildman–Crippen LogP) is 2.39. The minimum Gasteiger partial charge on any atom is -0.506 e. The van der Waals surface area contributed by atoms with E-state index >= 15 is 0 Å². The Hall–Kier alpha value is -0.940. The van der Waals surface area contributed by atoms with Crippen molar-refractivity contribution >= 4 is 15.9 Å². The van der Waals surface area contributed by atoms with Gasteiger partial charge in [-0.3, -0.25) is 0 Å². The number of hydrogen-bond acceptors (Lipinski definition) is 4. The van der Waals surface area contributed by atoms with Crippen LogP contribution in [0.15, 0.2) is 10.5 Å². The van der Waals surface area contributed by atoms with Gasteiger partial charge in [0.2, 0.25) is 0 Å². The third kappa shape index (κ3) is 2.06. The third-order valence-corrected chi connectivity index (χ3v) is 4.25. The van der Waals surface area contributed by atoms with Gasteiger partial charge in [-0.15, -0.1) is 0 Å². The third-order valence-electron chi connectivity index (χ3n) is 3.52. The van der Waals surface area contributed by atoms with Crippen molar-refractivity contribution in [1.29, 1.82) is 0 Å². The Morgan fingerprint density at radius 1 is 1.33 bits per heavy atom. The van der Waals surface area contributed by atoms with Crippen molar-refractivity contribution in [2.75, 3.05) is 26.3 Å². The van der Waals surface area contributed by atoms with Gasteiger partial charge in [-0.1, -0.05) is 0 Å². The Bertz CT molecular complexity index is 458. The van der Waals surface area contributed by atoms with Crippen LogP contribution in [0.4, 0.5) is 0 Å². The first kappa shape index (κ1) is 12.1. The van der Waals surface area contributed by atoms with Gasteiger partial charge in [-0.05, 0) is 41.4 Å². The van der Waals surface area contributed by atoms with Crippen LogP contribution in [0.2, 0.25) is 0 Å². The number of phenolic OH excluding ortho intramolecular Hbond substituents is 1. The Kier molecular flexibility index (Phi) is 3.35. The fourth-order valence-electron chi connectivity index (χ4n) is 2.58. The average molecular weight is 314 g/mol. The zero-order valence-electron chi connectivity index (χ0n) is 10.0. The molecule has 0 saturated carbocycles. The first-order valence-corrected chi connectivity index (χ1v) is 7.08. The quantitative estimate of drug-likeness (QED) is 0.836. The highest BCUT2D eigenvalue weighted by Gasteiger charge is 2.26. The van der Waals surface area contributed by atoms with Crippen molar-refractivity contribution in [2.45, 2.75) is 18.8 Å². The van der Waals surface area contributed by atoms with Crippen LogP contribution in [0, 0.1) is 0 Å². The molecule has 1 unspecified atom stereocenters. The largest absolute Gasteiger partial charge is 0.506 e. The van der Waals surface area contributed by atoms with Crippen molar-refractivity contribution in [3.8, 4) is 17.2 Å². The number of phenols is 1. The maximum absolute atomic E-state index is 10.3. The maximum atomic E-state index is 10.3. The zero-order valence-corrected chi connectivity index (χ0v) is 11.6. The van der Waals surface area contributed by atoms with Gasteiger partial charge < -0.3 is 19.9 Å². The molecular formula is C13H16BrNO3. The molecule has 98 valence electrons. The summed E-state index contributed by atoms with van der Waals surface area (Å²) in [6.45, 7) is 3.05. The number of nitrogens with one attached hydrogen (secondary N) is 1.